The summed E-state index contributed by atoms with van der Waals surface area (Å²) in [7, 11) is -3.86. The Bertz CT molecular complexity index is 1090. The van der Waals surface area contributed by atoms with Crippen LogP contribution < -0.4 is 9.04 Å². The summed E-state index contributed by atoms with van der Waals surface area (Å²) in [6.07, 6.45) is 1.80. The highest BCUT2D eigenvalue weighted by Crippen LogP contribution is 2.39. The Morgan fingerprint density at radius 1 is 1.12 bits per heavy atom. The number of anilines is 1. The van der Waals surface area contributed by atoms with Crippen molar-refractivity contribution < 1.29 is 23.1 Å². The monoisotopic (exact) mass is 457 g/mol. The lowest BCUT2D eigenvalue weighted by molar-refractivity contribution is -0.0212. The van der Waals surface area contributed by atoms with Crippen molar-refractivity contribution in [2.45, 2.75) is 63.6 Å². The maximum atomic E-state index is 13.6. The van der Waals surface area contributed by atoms with Crippen molar-refractivity contribution in [3.8, 4) is 5.75 Å². The van der Waals surface area contributed by atoms with Gasteiger partial charge in [-0.15, -0.1) is 0 Å². The van der Waals surface area contributed by atoms with E-state index in [-0.39, 0.29) is 41.1 Å². The van der Waals surface area contributed by atoms with Crippen LogP contribution in [0.4, 0.5) is 5.69 Å². The molecule has 1 N–H and O–H groups in total. The lowest BCUT2D eigenvalue weighted by atomic mass is 9.76. The van der Waals surface area contributed by atoms with Gasteiger partial charge in [-0.25, -0.2) is 8.42 Å². The van der Waals surface area contributed by atoms with E-state index in [1.165, 1.54) is 16.4 Å². The first-order valence-electron chi connectivity index (χ1n) is 11.3. The van der Waals surface area contributed by atoms with Gasteiger partial charge in [0.1, 0.15) is 11.9 Å². The summed E-state index contributed by atoms with van der Waals surface area (Å²) in [5.41, 5.74) is 2.06. The van der Waals surface area contributed by atoms with Crippen molar-refractivity contribution in [3.63, 3.8) is 0 Å². The quantitative estimate of drug-likeness (QED) is 0.674. The van der Waals surface area contributed by atoms with Crippen LogP contribution in [0.2, 0.25) is 0 Å². The first kappa shape index (κ1) is 22.8. The van der Waals surface area contributed by atoms with Gasteiger partial charge in [0.25, 0.3) is 10.0 Å². The molecule has 0 saturated heterocycles. The zero-order valence-electron chi connectivity index (χ0n) is 18.8. The molecule has 1 atom stereocenters. The van der Waals surface area contributed by atoms with Crippen LogP contribution in [0.1, 0.15) is 56.0 Å². The number of ether oxygens (including phenoxy) is 1. The summed E-state index contributed by atoms with van der Waals surface area (Å²) in [4.78, 5) is 12.9. The highest BCUT2D eigenvalue weighted by atomic mass is 32.2. The van der Waals surface area contributed by atoms with Crippen LogP contribution in [-0.4, -0.2) is 38.1 Å². The third-order valence-electron chi connectivity index (χ3n) is 6.34. The number of sulfonamides is 1. The van der Waals surface area contributed by atoms with Crippen molar-refractivity contribution >= 4 is 21.5 Å². The van der Waals surface area contributed by atoms with Gasteiger partial charge in [0, 0.05) is 18.9 Å². The second-order valence-corrected chi connectivity index (χ2v) is 11.1. The van der Waals surface area contributed by atoms with Gasteiger partial charge in [0.05, 0.1) is 22.3 Å². The smallest absolute Gasteiger partial charge is 0.264 e. The van der Waals surface area contributed by atoms with Crippen LogP contribution in [0.25, 0.3) is 0 Å². The maximum Gasteiger partial charge on any atom is 0.264 e. The minimum Gasteiger partial charge on any atom is -0.489 e. The number of Topliss-reactive ketones (excluding diaryl/α,β-unsaturated/α-hetero) is 1. The Hall–Kier alpha value is -2.38. The normalized spacial score (nSPS) is 22.8. The minimum absolute atomic E-state index is 0.0888. The average molecular weight is 458 g/mol. The molecule has 2 aliphatic rings. The molecule has 1 unspecified atom stereocenters. The van der Waals surface area contributed by atoms with E-state index in [4.69, 9.17) is 4.74 Å². The summed E-state index contributed by atoms with van der Waals surface area (Å²) in [6.45, 7) is 6.35. The van der Waals surface area contributed by atoms with Crippen LogP contribution in [-0.2, 0) is 16.4 Å². The summed E-state index contributed by atoms with van der Waals surface area (Å²) < 4.78 is 34.7. The number of hydrogen-bond donors (Lipinski definition) is 1. The Balaban J connectivity index is 1.65. The molecule has 7 heteroatoms. The van der Waals surface area contributed by atoms with Crippen LogP contribution in [0, 0.1) is 11.8 Å². The molecule has 0 radical (unpaired) electrons. The molecule has 4 rings (SSSR count). The molecule has 0 amide bonds. The predicted molar refractivity (Wildman–Crippen MR) is 124 cm³/mol. The fourth-order valence-electron chi connectivity index (χ4n) is 4.38. The number of aliphatic hydroxyl groups excluding tert-OH is 1. The molecule has 2 aromatic rings. The van der Waals surface area contributed by atoms with Crippen molar-refractivity contribution in [1.29, 1.82) is 0 Å². The van der Waals surface area contributed by atoms with Gasteiger partial charge in [-0.3, -0.25) is 9.10 Å². The van der Waals surface area contributed by atoms with E-state index in [0.717, 1.165) is 12.0 Å². The first-order valence-corrected chi connectivity index (χ1v) is 12.8. The number of carbonyl (C=O) groups is 1. The number of ketones is 1. The third-order valence-corrected chi connectivity index (χ3v) is 8.13. The second-order valence-electron chi connectivity index (χ2n) is 9.28. The van der Waals surface area contributed by atoms with Gasteiger partial charge in [-0.1, -0.05) is 32.9 Å². The molecule has 1 saturated carbocycles. The lowest BCUT2D eigenvalue weighted by Crippen LogP contribution is -2.43. The summed E-state index contributed by atoms with van der Waals surface area (Å²) >= 11 is 0. The maximum absolute atomic E-state index is 13.6. The zero-order chi connectivity index (χ0) is 23.0. The van der Waals surface area contributed by atoms with Crippen LogP contribution in [0.3, 0.4) is 0 Å². The fourth-order valence-corrected chi connectivity index (χ4v) is 6.04. The fraction of sp³-hybridized carbons (Fsp3) is 0.480. The lowest BCUT2D eigenvalue weighted by Gasteiger charge is -2.39. The molecule has 172 valence electrons. The Labute approximate surface area is 190 Å². The molecule has 1 aliphatic carbocycles. The molecule has 0 bridgehead atoms. The van der Waals surface area contributed by atoms with Gasteiger partial charge in [0.2, 0.25) is 0 Å². The standard InChI is InChI=1S/C25H31NO5S/c1-4-17-5-7-19(8-6-17)26(15-16(2)3)32(29,30)21-9-10-24-22(13-21)23(28)14-25(31-24)18-11-20(27)12-18/h5-10,13,16,18,20,25,27H,4,11-12,14-15H2,1-3H3. The van der Waals surface area contributed by atoms with Crippen LogP contribution in [0.5, 0.6) is 5.75 Å². The van der Waals surface area contributed by atoms with Crippen LogP contribution >= 0.6 is 0 Å². The predicted octanol–water partition coefficient (Wildman–Crippen LogP) is 4.21. The zero-order valence-corrected chi connectivity index (χ0v) is 19.6. The largest absolute Gasteiger partial charge is 0.489 e. The first-order chi connectivity index (χ1) is 15.2. The Kier molecular flexibility index (Phi) is 6.32. The molecule has 1 aliphatic heterocycles. The van der Waals surface area contributed by atoms with E-state index in [2.05, 4.69) is 6.92 Å². The summed E-state index contributed by atoms with van der Waals surface area (Å²) in [6, 6.07) is 12.1. The number of aliphatic hydroxyl groups is 1. The van der Waals surface area contributed by atoms with Gasteiger partial charge in [-0.05, 0) is 61.1 Å². The average Bonchev–Trinajstić information content (AvgIpc) is 2.75. The number of rotatable bonds is 7. The number of aryl methyl sites for hydroxylation is 1. The Morgan fingerprint density at radius 2 is 1.81 bits per heavy atom. The van der Waals surface area contributed by atoms with Crippen molar-refractivity contribution in [2.75, 3.05) is 10.8 Å². The molecule has 2 aromatic carbocycles. The third kappa shape index (κ3) is 4.41. The number of nitrogens with zero attached hydrogens (tertiary/aromatic N) is 1. The molecule has 32 heavy (non-hydrogen) atoms. The van der Waals surface area contributed by atoms with Crippen molar-refractivity contribution in [3.05, 3.63) is 53.6 Å². The number of hydrogen-bond acceptors (Lipinski definition) is 5. The summed E-state index contributed by atoms with van der Waals surface area (Å²) in [5.74, 6) is 0.599. The number of carbonyl (C=O) groups excluding carboxylic acids is 1. The van der Waals surface area contributed by atoms with Gasteiger partial charge in [0.15, 0.2) is 5.78 Å². The molecular formula is C25H31NO5S. The highest BCUT2D eigenvalue weighted by molar-refractivity contribution is 7.92. The number of fused-ring (bicyclic) bond motifs is 1. The van der Waals surface area contributed by atoms with E-state index >= 15 is 0 Å². The van der Waals surface area contributed by atoms with Gasteiger partial charge < -0.3 is 9.84 Å². The second kappa shape index (κ2) is 8.87. The SMILES string of the molecule is CCc1ccc(N(CC(C)C)S(=O)(=O)c2ccc3c(c2)C(=O)CC(C2CC(O)C2)O3)cc1. The topological polar surface area (TPSA) is 83.9 Å². The van der Waals surface area contributed by atoms with E-state index in [1.807, 2.05) is 38.1 Å². The van der Waals surface area contributed by atoms with Crippen LogP contribution in [0.15, 0.2) is 47.4 Å². The molecule has 1 fully saturated rings. The summed E-state index contributed by atoms with van der Waals surface area (Å²) in [5, 5.41) is 9.56. The van der Waals surface area contributed by atoms with E-state index < -0.39 is 10.0 Å². The van der Waals surface area contributed by atoms with Gasteiger partial charge in [-0.2, -0.15) is 0 Å². The highest BCUT2D eigenvalue weighted by Gasteiger charge is 2.40. The number of benzene rings is 2. The van der Waals surface area contributed by atoms with E-state index in [9.17, 15) is 18.3 Å². The molecular weight excluding hydrogens is 426 g/mol. The van der Waals surface area contributed by atoms with Gasteiger partial charge >= 0.3 is 0 Å². The van der Waals surface area contributed by atoms with E-state index in [1.54, 1.807) is 6.07 Å². The molecule has 0 aromatic heterocycles. The minimum atomic E-state index is -3.86. The van der Waals surface area contributed by atoms with E-state index in [0.29, 0.717) is 36.4 Å². The Morgan fingerprint density at radius 3 is 2.41 bits per heavy atom. The molecule has 0 spiro atoms. The molecule has 1 heterocycles. The van der Waals surface area contributed by atoms with Crippen molar-refractivity contribution in [1.82, 2.24) is 0 Å². The van der Waals surface area contributed by atoms with Crippen molar-refractivity contribution in [2.24, 2.45) is 11.8 Å². The molecule has 6 nitrogen and oxygen atoms in total.